The third kappa shape index (κ3) is 7.80. The number of carbonyl (C=O) groups excluding carboxylic acids is 1. The Labute approximate surface area is 355 Å². The van der Waals surface area contributed by atoms with E-state index in [9.17, 15) is 24.6 Å². The minimum atomic E-state index is -1.60. The van der Waals surface area contributed by atoms with Gasteiger partial charge in [-0.15, -0.1) is 0 Å². The zero-order valence-corrected chi connectivity index (χ0v) is 33.7. The number of aliphatic carboxylic acids is 2. The number of aromatic nitrogens is 2. The summed E-state index contributed by atoms with van der Waals surface area (Å²) < 4.78 is 27.3. The Balaban J connectivity index is 1.01. The second kappa shape index (κ2) is 16.9. The van der Waals surface area contributed by atoms with E-state index in [2.05, 4.69) is 0 Å². The first-order valence-electron chi connectivity index (χ1n) is 20.2. The molecule has 1 aliphatic rings. The van der Waals surface area contributed by atoms with Gasteiger partial charge in [0.15, 0.2) is 17.9 Å². The van der Waals surface area contributed by atoms with Crippen LogP contribution in [0.15, 0.2) is 127 Å². The van der Waals surface area contributed by atoms with Crippen LogP contribution in [0.25, 0.3) is 43.6 Å². The molecule has 2 aromatic heterocycles. The number of fused-ring (bicyclic) bond motifs is 7. The number of para-hydroxylation sites is 2. The molecule has 0 aliphatic heterocycles. The van der Waals surface area contributed by atoms with Gasteiger partial charge in [-0.1, -0.05) is 48.0 Å². The van der Waals surface area contributed by atoms with Crippen LogP contribution >= 0.6 is 11.6 Å². The fourth-order valence-electron chi connectivity index (χ4n) is 8.44. The lowest BCUT2D eigenvalue weighted by Gasteiger charge is -2.26. The number of Topliss-reactive ketones (excluding diaryl/α,β-unsaturated/α-hetero) is 1. The van der Waals surface area contributed by atoms with Gasteiger partial charge in [-0.05, 0) is 90.8 Å². The fourth-order valence-corrected chi connectivity index (χ4v) is 8.57. The van der Waals surface area contributed by atoms with Crippen LogP contribution in [0, 0.1) is 0 Å². The van der Waals surface area contributed by atoms with E-state index in [4.69, 9.17) is 30.5 Å². The standard InChI is InChI=1S/C49H41ClN2O9/c50-31-12-14-32(15-13-31)58-23-5-25-60-34-17-20-39-37-7-1-3-9-41(37)51(43(39)28-34)46(48(54)55)47(49(56)57)52-42-10-4-2-8-38(42)40-21-18-35(29-44(40)52)61-26-6-24-59-33-16-19-36-30(27-33)11-22-45(36)53/h1-4,7-10,12-21,27-29,46-47H,5-6,11,22-26H2,(H,54,55)(H,56,57). The summed E-state index contributed by atoms with van der Waals surface area (Å²) in [6.07, 6.45) is 2.39. The molecule has 1 aliphatic carbocycles. The summed E-state index contributed by atoms with van der Waals surface area (Å²) in [6.45, 7) is 1.44. The Hall–Kier alpha value is -6.98. The van der Waals surface area contributed by atoms with Crippen LogP contribution in [-0.4, -0.2) is 63.5 Å². The van der Waals surface area contributed by atoms with Crippen LogP contribution in [0.2, 0.25) is 5.02 Å². The predicted octanol–water partition coefficient (Wildman–Crippen LogP) is 10.3. The topological polar surface area (TPSA) is 138 Å². The van der Waals surface area contributed by atoms with Gasteiger partial charge in [0.25, 0.3) is 0 Å². The summed E-state index contributed by atoms with van der Waals surface area (Å²) in [5.74, 6) is -0.0515. The second-order valence-electron chi connectivity index (χ2n) is 15.0. The Kier molecular flexibility index (Phi) is 11.0. The SMILES string of the molecule is O=C1CCc2cc(OCCCOc3ccc4c5ccccc5n(C(C(=O)O)C(C(=O)O)n5c6ccccc6c6ccc(OCCCOc7ccc(Cl)cc7)cc65)c4c3)ccc21. The molecular formula is C49H41ClN2O9. The first-order chi connectivity index (χ1) is 29.7. The maximum Gasteiger partial charge on any atom is 0.329 e. The predicted molar refractivity (Wildman–Crippen MR) is 234 cm³/mol. The van der Waals surface area contributed by atoms with Crippen molar-refractivity contribution < 1.29 is 43.5 Å². The van der Waals surface area contributed by atoms with Crippen LogP contribution in [0.5, 0.6) is 23.0 Å². The number of carbonyl (C=O) groups is 3. The van der Waals surface area contributed by atoms with Gasteiger partial charge in [-0.25, -0.2) is 9.59 Å². The third-order valence-corrected chi connectivity index (χ3v) is 11.4. The molecule has 0 fully saturated rings. The number of carboxylic acids is 2. The molecule has 61 heavy (non-hydrogen) atoms. The molecule has 308 valence electrons. The third-order valence-electron chi connectivity index (χ3n) is 11.2. The van der Waals surface area contributed by atoms with Crippen molar-refractivity contribution in [3.63, 3.8) is 0 Å². The number of rotatable bonds is 17. The fraction of sp³-hybridized carbons (Fsp3) is 0.204. The van der Waals surface area contributed by atoms with Gasteiger partial charge in [0, 0.05) is 63.5 Å². The van der Waals surface area contributed by atoms with Crippen LogP contribution in [0.1, 0.15) is 47.3 Å². The molecule has 6 aromatic carbocycles. The number of ether oxygens (including phenoxy) is 4. The molecule has 2 heterocycles. The Morgan fingerprint density at radius 1 is 0.525 bits per heavy atom. The van der Waals surface area contributed by atoms with Crippen LogP contribution in [0.3, 0.4) is 0 Å². The van der Waals surface area contributed by atoms with Crippen LogP contribution < -0.4 is 18.9 Å². The van der Waals surface area contributed by atoms with Crippen molar-refractivity contribution in [2.45, 2.75) is 37.8 Å². The number of hydrogen-bond donors (Lipinski definition) is 2. The van der Waals surface area contributed by atoms with E-state index in [1.54, 1.807) is 45.5 Å². The Morgan fingerprint density at radius 3 is 1.46 bits per heavy atom. The average Bonchev–Trinajstić information content (AvgIpc) is 3.91. The molecular weight excluding hydrogens is 796 g/mol. The van der Waals surface area contributed by atoms with E-state index in [1.807, 2.05) is 91.0 Å². The normalized spacial score (nSPS) is 13.4. The van der Waals surface area contributed by atoms with Gasteiger partial charge in [0.1, 0.15) is 23.0 Å². The largest absolute Gasteiger partial charge is 0.493 e. The zero-order valence-electron chi connectivity index (χ0n) is 33.0. The molecule has 0 radical (unpaired) electrons. The highest BCUT2D eigenvalue weighted by Gasteiger charge is 2.40. The second-order valence-corrected chi connectivity index (χ2v) is 15.4. The van der Waals surface area contributed by atoms with Gasteiger partial charge in [0.2, 0.25) is 0 Å². The number of aryl methyl sites for hydroxylation is 1. The van der Waals surface area contributed by atoms with Crippen molar-refractivity contribution in [3.8, 4) is 23.0 Å². The maximum absolute atomic E-state index is 13.7. The zero-order chi connectivity index (χ0) is 42.0. The summed E-state index contributed by atoms with van der Waals surface area (Å²) in [6, 6.07) is 35.3. The van der Waals surface area contributed by atoms with E-state index in [0.717, 1.165) is 39.1 Å². The minimum Gasteiger partial charge on any atom is -0.493 e. The molecule has 0 spiro atoms. The monoisotopic (exact) mass is 836 g/mol. The molecule has 9 rings (SSSR count). The highest BCUT2D eigenvalue weighted by atomic mass is 35.5. The van der Waals surface area contributed by atoms with Gasteiger partial charge < -0.3 is 38.3 Å². The average molecular weight is 837 g/mol. The number of carboxylic acid groups (broad SMARTS) is 2. The number of ketones is 1. The number of halogens is 1. The van der Waals surface area contributed by atoms with Crippen LogP contribution in [-0.2, 0) is 16.0 Å². The highest BCUT2D eigenvalue weighted by molar-refractivity contribution is 6.30. The van der Waals surface area contributed by atoms with Crippen molar-refractivity contribution in [2.24, 2.45) is 0 Å². The lowest BCUT2D eigenvalue weighted by molar-refractivity contribution is -0.151. The molecule has 2 atom stereocenters. The van der Waals surface area contributed by atoms with E-state index >= 15 is 0 Å². The number of hydrogen-bond acceptors (Lipinski definition) is 7. The lowest BCUT2D eigenvalue weighted by Crippen LogP contribution is -2.34. The van der Waals surface area contributed by atoms with Crippen LogP contribution in [0.4, 0.5) is 0 Å². The van der Waals surface area contributed by atoms with E-state index in [1.165, 1.54) is 0 Å². The molecule has 2 unspecified atom stereocenters. The smallest absolute Gasteiger partial charge is 0.329 e. The molecule has 2 N–H and O–H groups in total. The number of benzene rings is 6. The van der Waals surface area contributed by atoms with Gasteiger partial charge >= 0.3 is 11.9 Å². The first kappa shape index (κ1) is 39.5. The summed E-state index contributed by atoms with van der Waals surface area (Å²) in [5.41, 5.74) is 3.96. The van der Waals surface area contributed by atoms with Crippen molar-refractivity contribution in [3.05, 3.63) is 144 Å². The highest BCUT2D eigenvalue weighted by Crippen LogP contribution is 2.42. The Morgan fingerprint density at radius 2 is 0.951 bits per heavy atom. The molecule has 0 saturated carbocycles. The van der Waals surface area contributed by atoms with Gasteiger partial charge in [-0.3, -0.25) is 4.79 Å². The number of nitrogens with zero attached hydrogens (tertiary/aromatic N) is 2. The Bertz CT molecular complexity index is 2950. The molecule has 12 heteroatoms. The molecule has 0 bridgehead atoms. The van der Waals surface area contributed by atoms with Gasteiger partial charge in [0.05, 0.1) is 48.5 Å². The summed E-state index contributed by atoms with van der Waals surface area (Å²) in [5, 5.41) is 26.0. The van der Waals surface area contributed by atoms with E-state index in [0.29, 0.717) is 95.8 Å². The molecule has 8 aromatic rings. The maximum atomic E-state index is 13.7. The van der Waals surface area contributed by atoms with Crippen molar-refractivity contribution in [2.75, 3.05) is 26.4 Å². The molecule has 0 saturated heterocycles. The first-order valence-corrected chi connectivity index (χ1v) is 20.6. The van der Waals surface area contributed by atoms with E-state index < -0.39 is 24.0 Å². The van der Waals surface area contributed by atoms with E-state index in [-0.39, 0.29) is 5.78 Å². The van der Waals surface area contributed by atoms with Crippen molar-refractivity contribution >= 4 is 72.9 Å². The molecule has 0 amide bonds. The summed E-state index contributed by atoms with van der Waals surface area (Å²) in [4.78, 5) is 39.4. The van der Waals surface area contributed by atoms with Crippen molar-refractivity contribution in [1.82, 2.24) is 9.13 Å². The summed E-state index contributed by atoms with van der Waals surface area (Å²) in [7, 11) is 0. The lowest BCUT2D eigenvalue weighted by atomic mass is 10.1. The summed E-state index contributed by atoms with van der Waals surface area (Å²) >= 11 is 5.99. The van der Waals surface area contributed by atoms with Crippen molar-refractivity contribution in [1.29, 1.82) is 0 Å². The quantitative estimate of drug-likeness (QED) is 0.0858. The minimum absolute atomic E-state index is 0.162. The molecule has 11 nitrogen and oxygen atoms in total. The van der Waals surface area contributed by atoms with Gasteiger partial charge in [-0.2, -0.15) is 0 Å².